The summed E-state index contributed by atoms with van der Waals surface area (Å²) in [6.45, 7) is 15.9. The monoisotopic (exact) mass is 575 g/mol. The average molecular weight is 576 g/mol. The normalized spacial score (nSPS) is 20.0. The molecule has 2 aliphatic rings. The number of carbonyl (C=O) groups excluding carboxylic acids is 3. The van der Waals surface area contributed by atoms with Gasteiger partial charge in [-0.25, -0.2) is 0 Å². The molecule has 2 aromatic rings. The Morgan fingerprint density at radius 1 is 1.00 bits per heavy atom. The van der Waals surface area contributed by atoms with Gasteiger partial charge in [0.1, 0.15) is 23.4 Å². The van der Waals surface area contributed by atoms with E-state index >= 15 is 0 Å². The highest BCUT2D eigenvalue weighted by molar-refractivity contribution is 5.93. The van der Waals surface area contributed by atoms with Crippen LogP contribution < -0.4 is 15.4 Å². The highest BCUT2D eigenvalue weighted by Crippen LogP contribution is 2.33. The van der Waals surface area contributed by atoms with Crippen molar-refractivity contribution in [3.05, 3.63) is 64.7 Å². The largest absolute Gasteiger partial charge is 0.488 e. The summed E-state index contributed by atoms with van der Waals surface area (Å²) < 4.78 is 6.12. The first-order valence-corrected chi connectivity index (χ1v) is 15.5. The molecule has 7 heteroatoms. The van der Waals surface area contributed by atoms with Crippen LogP contribution in [0.25, 0.3) is 0 Å². The van der Waals surface area contributed by atoms with E-state index in [9.17, 15) is 14.4 Å². The van der Waals surface area contributed by atoms with Crippen molar-refractivity contribution in [2.45, 2.75) is 118 Å². The summed E-state index contributed by atoms with van der Waals surface area (Å²) in [5, 5.41) is 6.34. The van der Waals surface area contributed by atoms with Crippen molar-refractivity contribution in [3.8, 4) is 5.75 Å². The smallest absolute Gasteiger partial charge is 0.246 e. The molecule has 0 fully saturated rings. The van der Waals surface area contributed by atoms with Gasteiger partial charge in [-0.3, -0.25) is 14.4 Å². The number of fused-ring (bicyclic) bond motifs is 2. The third kappa shape index (κ3) is 7.34. The van der Waals surface area contributed by atoms with Crippen molar-refractivity contribution in [2.75, 3.05) is 0 Å². The zero-order chi connectivity index (χ0) is 30.8. The Labute approximate surface area is 251 Å². The summed E-state index contributed by atoms with van der Waals surface area (Å²) in [5.74, 6) is -0.0354. The molecular formula is C35H49N3O4. The topological polar surface area (TPSA) is 87.7 Å². The Hall–Kier alpha value is -3.35. The summed E-state index contributed by atoms with van der Waals surface area (Å²) in [6, 6.07) is 12.7. The molecule has 1 heterocycles. The predicted molar refractivity (Wildman–Crippen MR) is 166 cm³/mol. The zero-order valence-corrected chi connectivity index (χ0v) is 26.7. The van der Waals surface area contributed by atoms with Crippen LogP contribution in [0.4, 0.5) is 0 Å². The molecule has 0 saturated heterocycles. The van der Waals surface area contributed by atoms with Crippen LogP contribution in [0, 0.1) is 11.3 Å². The van der Waals surface area contributed by atoms with E-state index in [1.165, 1.54) is 5.56 Å². The Bertz CT molecular complexity index is 1310. The number of nitrogens with one attached hydrogen (secondary N) is 2. The molecule has 2 N–H and O–H groups in total. The van der Waals surface area contributed by atoms with E-state index in [1.807, 2.05) is 85.7 Å². The maximum Gasteiger partial charge on any atom is 0.246 e. The highest BCUT2D eigenvalue weighted by atomic mass is 16.5. The average Bonchev–Trinajstić information content (AvgIpc) is 2.92. The molecule has 4 atom stereocenters. The van der Waals surface area contributed by atoms with Crippen molar-refractivity contribution in [1.82, 2.24) is 15.5 Å². The van der Waals surface area contributed by atoms with Gasteiger partial charge < -0.3 is 20.3 Å². The lowest BCUT2D eigenvalue weighted by Crippen LogP contribution is -2.61. The first-order chi connectivity index (χ1) is 19.7. The van der Waals surface area contributed by atoms with Crippen LogP contribution in [0.2, 0.25) is 0 Å². The highest BCUT2D eigenvalue weighted by Gasteiger charge is 2.43. The van der Waals surface area contributed by atoms with Gasteiger partial charge in [0, 0.05) is 18.9 Å². The van der Waals surface area contributed by atoms with Crippen molar-refractivity contribution >= 4 is 17.7 Å². The van der Waals surface area contributed by atoms with Crippen LogP contribution in [0.5, 0.6) is 5.75 Å². The number of carbonyl (C=O) groups is 3. The number of hydrogen-bond donors (Lipinski definition) is 2. The van der Waals surface area contributed by atoms with Gasteiger partial charge in [0.05, 0.1) is 6.04 Å². The number of benzene rings is 2. The van der Waals surface area contributed by atoms with E-state index in [1.54, 1.807) is 4.90 Å². The van der Waals surface area contributed by atoms with Gasteiger partial charge in [-0.1, -0.05) is 65.0 Å². The second-order valence-corrected chi connectivity index (χ2v) is 14.1. The van der Waals surface area contributed by atoms with Gasteiger partial charge >= 0.3 is 0 Å². The second-order valence-electron chi connectivity index (χ2n) is 14.1. The van der Waals surface area contributed by atoms with Crippen molar-refractivity contribution in [3.63, 3.8) is 0 Å². The van der Waals surface area contributed by atoms with Gasteiger partial charge in [-0.2, -0.15) is 0 Å². The lowest BCUT2D eigenvalue weighted by molar-refractivity contribution is -0.147. The fraction of sp³-hybridized carbons (Fsp3) is 0.571. The Morgan fingerprint density at radius 2 is 1.71 bits per heavy atom. The Morgan fingerprint density at radius 3 is 2.38 bits per heavy atom. The van der Waals surface area contributed by atoms with E-state index in [0.29, 0.717) is 12.8 Å². The molecule has 42 heavy (non-hydrogen) atoms. The van der Waals surface area contributed by atoms with E-state index < -0.39 is 17.5 Å². The van der Waals surface area contributed by atoms with E-state index in [0.717, 1.165) is 41.7 Å². The minimum Gasteiger partial charge on any atom is -0.488 e. The van der Waals surface area contributed by atoms with Crippen LogP contribution in [-0.2, 0) is 33.8 Å². The first kappa shape index (κ1) is 31.6. The van der Waals surface area contributed by atoms with E-state index in [2.05, 4.69) is 22.8 Å². The molecule has 0 bridgehead atoms. The number of amides is 3. The molecule has 228 valence electrons. The van der Waals surface area contributed by atoms with Crippen LogP contribution >= 0.6 is 0 Å². The Balaban J connectivity index is 1.68. The van der Waals surface area contributed by atoms with Gasteiger partial charge in [0.15, 0.2) is 0 Å². The van der Waals surface area contributed by atoms with Crippen LogP contribution in [-0.4, -0.2) is 40.3 Å². The quantitative estimate of drug-likeness (QED) is 0.431. The minimum absolute atomic E-state index is 0.0909. The summed E-state index contributed by atoms with van der Waals surface area (Å²) in [7, 11) is 0. The molecule has 7 nitrogen and oxygen atoms in total. The third-order valence-electron chi connectivity index (χ3n) is 8.46. The maximum absolute atomic E-state index is 14.4. The SMILES string of the molecule is CC[C@@H](C)C(=O)N[C@H](C(=O)N1Cc2cc(OC(C)(C)C)ccc2CC1C(=O)NC1CCCc2ccccc21)C(C)(C)C. The number of ether oxygens (including phenoxy) is 1. The molecule has 2 unspecified atom stereocenters. The van der Waals surface area contributed by atoms with Crippen LogP contribution in [0.1, 0.15) is 103 Å². The molecule has 0 aromatic heterocycles. The molecule has 0 radical (unpaired) electrons. The van der Waals surface area contributed by atoms with Crippen molar-refractivity contribution in [1.29, 1.82) is 0 Å². The van der Waals surface area contributed by atoms with Gasteiger partial charge in [-0.15, -0.1) is 0 Å². The molecule has 1 aliphatic carbocycles. The molecule has 4 rings (SSSR count). The van der Waals surface area contributed by atoms with Crippen LogP contribution in [0.15, 0.2) is 42.5 Å². The van der Waals surface area contributed by atoms with Gasteiger partial charge in [0.25, 0.3) is 0 Å². The summed E-state index contributed by atoms with van der Waals surface area (Å²) in [5.41, 5.74) is 3.49. The minimum atomic E-state index is -0.778. The Kier molecular flexibility index (Phi) is 9.39. The predicted octanol–water partition coefficient (Wildman–Crippen LogP) is 5.89. The fourth-order valence-corrected chi connectivity index (χ4v) is 5.90. The first-order valence-electron chi connectivity index (χ1n) is 15.5. The molecule has 1 aliphatic heterocycles. The number of hydrogen-bond acceptors (Lipinski definition) is 4. The molecule has 2 aromatic carbocycles. The summed E-state index contributed by atoms with van der Waals surface area (Å²) >= 11 is 0. The van der Waals surface area contributed by atoms with Gasteiger partial charge in [0.2, 0.25) is 17.7 Å². The van der Waals surface area contributed by atoms with Crippen molar-refractivity contribution in [2.24, 2.45) is 11.3 Å². The second kappa shape index (κ2) is 12.5. The standard InChI is InChI=1S/C35H49N3O4/c1-9-22(2)31(39)37-30(34(3,4)5)33(41)38-21-25-19-26(42-35(6,7)8)18-17-24(25)20-29(38)32(40)36-28-16-12-14-23-13-10-11-15-27(23)28/h10-11,13,15,17-19,22,28-30H,9,12,14,16,20-21H2,1-8H3,(H,36,40)(H,37,39)/t22-,28?,29?,30-/m1/s1. The molecule has 3 amide bonds. The number of rotatable bonds is 7. The molecule has 0 spiro atoms. The third-order valence-corrected chi connectivity index (χ3v) is 8.46. The lowest BCUT2D eigenvalue weighted by Gasteiger charge is -2.42. The van der Waals surface area contributed by atoms with Gasteiger partial charge in [-0.05, 0) is 86.3 Å². The lowest BCUT2D eigenvalue weighted by atomic mass is 9.83. The van der Waals surface area contributed by atoms with E-state index in [-0.39, 0.29) is 41.8 Å². The summed E-state index contributed by atoms with van der Waals surface area (Å²) in [6.07, 6.45) is 3.95. The zero-order valence-electron chi connectivity index (χ0n) is 26.7. The maximum atomic E-state index is 14.4. The van der Waals surface area contributed by atoms with E-state index in [4.69, 9.17) is 4.74 Å². The fourth-order valence-electron chi connectivity index (χ4n) is 5.90. The van der Waals surface area contributed by atoms with Crippen LogP contribution in [0.3, 0.4) is 0 Å². The summed E-state index contributed by atoms with van der Waals surface area (Å²) in [4.78, 5) is 43.2. The molecule has 0 saturated carbocycles. The molecular weight excluding hydrogens is 526 g/mol. The number of aryl methyl sites for hydroxylation is 1. The number of nitrogens with zero attached hydrogens (tertiary/aromatic N) is 1. The van der Waals surface area contributed by atoms with Crippen molar-refractivity contribution < 1.29 is 19.1 Å².